The van der Waals surface area contributed by atoms with Gasteiger partial charge in [-0.2, -0.15) is 13.2 Å². The number of rotatable bonds is 5. The number of aryl methyl sites for hydroxylation is 1. The number of aliphatic hydroxyl groups excluding tert-OH is 1. The van der Waals surface area contributed by atoms with Crippen LogP contribution in [0.1, 0.15) is 30.4 Å². The van der Waals surface area contributed by atoms with Crippen LogP contribution in [0.2, 0.25) is 0 Å². The Morgan fingerprint density at radius 2 is 1.97 bits per heavy atom. The van der Waals surface area contributed by atoms with Crippen molar-refractivity contribution >= 4 is 11.7 Å². The Bertz CT molecular complexity index is 1050. The molecule has 0 saturated carbocycles. The van der Waals surface area contributed by atoms with Crippen molar-refractivity contribution < 1.29 is 28.2 Å². The fourth-order valence-electron chi connectivity index (χ4n) is 4.52. The highest BCUT2D eigenvalue weighted by molar-refractivity contribution is 5.78. The van der Waals surface area contributed by atoms with E-state index in [1.165, 1.54) is 6.07 Å². The van der Waals surface area contributed by atoms with E-state index in [0.29, 0.717) is 55.7 Å². The number of alkyl halides is 3. The van der Waals surface area contributed by atoms with Crippen molar-refractivity contribution in [2.75, 3.05) is 38.0 Å². The Kier molecular flexibility index (Phi) is 6.94. The maximum Gasteiger partial charge on any atom is 0.416 e. The van der Waals surface area contributed by atoms with Crippen LogP contribution in [0.3, 0.4) is 0 Å². The van der Waals surface area contributed by atoms with E-state index in [1.807, 2.05) is 0 Å². The predicted molar refractivity (Wildman–Crippen MR) is 119 cm³/mol. The number of anilines is 1. The van der Waals surface area contributed by atoms with Crippen LogP contribution < -0.4 is 5.32 Å². The molecule has 4 rings (SSSR count). The molecule has 8 nitrogen and oxygen atoms in total. The first-order chi connectivity index (χ1) is 16.1. The number of aromatic hydroxyl groups is 1. The van der Waals surface area contributed by atoms with E-state index < -0.39 is 23.6 Å². The average molecular weight is 480 g/mol. The first-order valence-corrected chi connectivity index (χ1v) is 11.3. The molecule has 1 aromatic carbocycles. The van der Waals surface area contributed by atoms with Gasteiger partial charge in [0.1, 0.15) is 11.6 Å². The topological polar surface area (TPSA) is 102 Å². The minimum Gasteiger partial charge on any atom is -0.507 e. The lowest BCUT2D eigenvalue weighted by Crippen LogP contribution is -2.47. The third-order valence-electron chi connectivity index (χ3n) is 6.30. The molecule has 2 aliphatic rings. The molecule has 2 fully saturated rings. The Morgan fingerprint density at radius 1 is 1.18 bits per heavy atom. The second-order valence-electron chi connectivity index (χ2n) is 8.99. The van der Waals surface area contributed by atoms with Gasteiger partial charge in [0.2, 0.25) is 5.91 Å². The van der Waals surface area contributed by atoms with E-state index in [9.17, 15) is 28.2 Å². The third-order valence-corrected chi connectivity index (χ3v) is 6.30. The van der Waals surface area contributed by atoms with Gasteiger partial charge in [0.25, 0.3) is 0 Å². The van der Waals surface area contributed by atoms with Crippen LogP contribution >= 0.6 is 0 Å². The molecule has 1 aromatic heterocycles. The van der Waals surface area contributed by atoms with E-state index in [-0.39, 0.29) is 17.5 Å². The number of halogens is 3. The molecular weight excluding hydrogens is 451 g/mol. The number of carbonyl (C=O) groups is 1. The van der Waals surface area contributed by atoms with Crippen molar-refractivity contribution in [2.45, 2.75) is 44.5 Å². The second-order valence-corrected chi connectivity index (χ2v) is 8.99. The number of likely N-dealkylation sites (tertiary alicyclic amines) is 2. The van der Waals surface area contributed by atoms with Crippen molar-refractivity contribution in [2.24, 2.45) is 0 Å². The number of benzene rings is 1. The molecule has 2 atom stereocenters. The first kappa shape index (κ1) is 24.2. The van der Waals surface area contributed by atoms with E-state index in [1.54, 1.807) is 17.9 Å². The van der Waals surface area contributed by atoms with Crippen LogP contribution in [-0.4, -0.2) is 81.0 Å². The Balaban J connectivity index is 1.39. The molecule has 2 aliphatic heterocycles. The number of aliphatic hydroxyl groups is 1. The summed E-state index contributed by atoms with van der Waals surface area (Å²) < 4.78 is 38.6. The highest BCUT2D eigenvalue weighted by Crippen LogP contribution is 2.36. The highest BCUT2D eigenvalue weighted by Gasteiger charge is 2.31. The molecule has 184 valence electrons. The summed E-state index contributed by atoms with van der Waals surface area (Å²) in [5.74, 6) is 0.0353. The summed E-state index contributed by atoms with van der Waals surface area (Å²) in [6, 6.07) is 4.59. The Morgan fingerprint density at radius 3 is 2.62 bits per heavy atom. The first-order valence-electron chi connectivity index (χ1n) is 11.3. The minimum absolute atomic E-state index is 0.0218. The minimum atomic E-state index is -4.54. The second kappa shape index (κ2) is 9.75. The van der Waals surface area contributed by atoms with Gasteiger partial charge in [-0.1, -0.05) is 0 Å². The zero-order valence-electron chi connectivity index (χ0n) is 18.8. The number of aromatic nitrogens is 2. The van der Waals surface area contributed by atoms with Gasteiger partial charge in [-0.25, -0.2) is 0 Å². The summed E-state index contributed by atoms with van der Waals surface area (Å²) in [5, 5.41) is 31.4. The smallest absolute Gasteiger partial charge is 0.416 e. The van der Waals surface area contributed by atoms with Gasteiger partial charge in [-0.15, -0.1) is 10.2 Å². The van der Waals surface area contributed by atoms with Crippen LogP contribution in [0, 0.1) is 6.92 Å². The van der Waals surface area contributed by atoms with Gasteiger partial charge in [-0.05, 0) is 62.6 Å². The van der Waals surface area contributed by atoms with Crippen LogP contribution in [0.5, 0.6) is 5.75 Å². The predicted octanol–water partition coefficient (Wildman–Crippen LogP) is 2.65. The average Bonchev–Trinajstić information content (AvgIpc) is 3.20. The zero-order valence-corrected chi connectivity index (χ0v) is 18.8. The quantitative estimate of drug-likeness (QED) is 0.606. The summed E-state index contributed by atoms with van der Waals surface area (Å²) in [6.07, 6.45) is -2.55. The molecule has 0 aliphatic carbocycles. The lowest BCUT2D eigenvalue weighted by atomic mass is 10.0. The molecule has 1 unspecified atom stereocenters. The number of carbonyl (C=O) groups excluding carboxylic acids is 1. The summed E-state index contributed by atoms with van der Waals surface area (Å²) in [7, 11) is 0. The van der Waals surface area contributed by atoms with Gasteiger partial charge < -0.3 is 20.4 Å². The SMILES string of the molecule is Cc1cc(N[C@@H]2CCCN(CC(=O)N3CCC(O)C3)C2)nnc1-c1ccc(C(F)(F)F)cc1O. The standard InChI is InChI=1S/C23H28F3N5O3/c1-14-9-20(28-29-22(14)18-5-4-15(10-19(18)33)23(24,25)26)27-16-3-2-7-30(11-16)13-21(34)31-8-6-17(32)12-31/h4-5,9-10,16-17,32-33H,2-3,6-8,11-13H2,1H3,(H,27,28)/t16-,17?/m1/s1. The maximum absolute atomic E-state index is 12.9. The van der Waals surface area contributed by atoms with Crippen molar-refractivity contribution in [1.82, 2.24) is 20.0 Å². The monoisotopic (exact) mass is 479 g/mol. The molecule has 34 heavy (non-hydrogen) atoms. The summed E-state index contributed by atoms with van der Waals surface area (Å²) in [4.78, 5) is 16.3. The number of piperidine rings is 1. The Labute approximate surface area is 195 Å². The fourth-order valence-corrected chi connectivity index (χ4v) is 4.52. The molecule has 0 bridgehead atoms. The summed E-state index contributed by atoms with van der Waals surface area (Å²) >= 11 is 0. The Hall–Kier alpha value is -2.92. The van der Waals surface area contributed by atoms with Crippen LogP contribution in [-0.2, 0) is 11.0 Å². The molecule has 3 heterocycles. The van der Waals surface area contributed by atoms with Crippen LogP contribution in [0.4, 0.5) is 19.0 Å². The number of hydrogen-bond donors (Lipinski definition) is 3. The van der Waals surface area contributed by atoms with Crippen molar-refractivity contribution in [1.29, 1.82) is 0 Å². The number of nitrogens with zero attached hydrogens (tertiary/aromatic N) is 4. The van der Waals surface area contributed by atoms with E-state index in [0.717, 1.165) is 25.5 Å². The number of phenols is 1. The molecular formula is C23H28F3N5O3. The van der Waals surface area contributed by atoms with Crippen LogP contribution in [0.25, 0.3) is 11.3 Å². The van der Waals surface area contributed by atoms with Gasteiger partial charge >= 0.3 is 6.18 Å². The molecule has 0 radical (unpaired) electrons. The van der Waals surface area contributed by atoms with Crippen molar-refractivity contribution in [3.05, 3.63) is 35.4 Å². The normalized spacial score (nSPS) is 21.6. The van der Waals surface area contributed by atoms with Gasteiger partial charge in [-0.3, -0.25) is 9.69 Å². The van der Waals surface area contributed by atoms with Gasteiger partial charge in [0.05, 0.1) is 23.9 Å². The summed E-state index contributed by atoms with van der Waals surface area (Å²) in [5.41, 5.74) is 0.210. The van der Waals surface area contributed by atoms with E-state index in [4.69, 9.17) is 0 Å². The molecule has 11 heteroatoms. The van der Waals surface area contributed by atoms with Crippen LogP contribution in [0.15, 0.2) is 24.3 Å². The lowest BCUT2D eigenvalue weighted by Gasteiger charge is -2.33. The third kappa shape index (κ3) is 5.58. The van der Waals surface area contributed by atoms with E-state index in [2.05, 4.69) is 20.4 Å². The lowest BCUT2D eigenvalue weighted by molar-refractivity contribution is -0.137. The number of phenolic OH excluding ortho intramolecular Hbond substituents is 1. The fraction of sp³-hybridized carbons (Fsp3) is 0.522. The van der Waals surface area contributed by atoms with Crippen molar-refractivity contribution in [3.8, 4) is 17.0 Å². The molecule has 3 N–H and O–H groups in total. The molecule has 2 aromatic rings. The number of amides is 1. The molecule has 2 saturated heterocycles. The number of β-amino-alcohol motifs (C(OH)–C–C–N with tert-alkyl or cyclic N) is 1. The van der Waals surface area contributed by atoms with Gasteiger partial charge in [0, 0.05) is 31.2 Å². The van der Waals surface area contributed by atoms with Gasteiger partial charge in [0.15, 0.2) is 0 Å². The van der Waals surface area contributed by atoms with E-state index >= 15 is 0 Å². The number of hydrogen-bond acceptors (Lipinski definition) is 7. The summed E-state index contributed by atoms with van der Waals surface area (Å²) in [6.45, 7) is 4.51. The highest BCUT2D eigenvalue weighted by atomic mass is 19.4. The molecule has 1 amide bonds. The number of nitrogens with one attached hydrogen (secondary N) is 1. The largest absolute Gasteiger partial charge is 0.507 e. The zero-order chi connectivity index (χ0) is 24.5. The molecule has 0 spiro atoms. The van der Waals surface area contributed by atoms with Crippen molar-refractivity contribution in [3.63, 3.8) is 0 Å². The maximum atomic E-state index is 12.9.